The Kier molecular flexibility index (Phi) is 5.49. The first-order valence-electron chi connectivity index (χ1n) is 8.98. The summed E-state index contributed by atoms with van der Waals surface area (Å²) in [5.74, 6) is 1.63. The molecular weight excluding hydrogens is 312 g/mol. The third-order valence-electron chi connectivity index (χ3n) is 5.21. The van der Waals surface area contributed by atoms with Crippen LogP contribution in [0.3, 0.4) is 0 Å². The minimum atomic E-state index is 0.808. The molecule has 2 aromatic rings. The first-order valence-corrected chi connectivity index (χ1v) is 8.98. The Balaban J connectivity index is 1.65. The van der Waals surface area contributed by atoms with E-state index in [2.05, 4.69) is 55.1 Å². The van der Waals surface area contributed by atoms with E-state index < -0.39 is 0 Å². The predicted molar refractivity (Wildman–Crippen MR) is 102 cm³/mol. The van der Waals surface area contributed by atoms with Crippen molar-refractivity contribution in [3.63, 3.8) is 0 Å². The van der Waals surface area contributed by atoms with Crippen LogP contribution in [0.1, 0.15) is 16.7 Å². The lowest BCUT2D eigenvalue weighted by Crippen LogP contribution is -3.13. The van der Waals surface area contributed by atoms with Crippen LogP contribution in [-0.2, 0) is 6.54 Å². The molecule has 0 saturated carbocycles. The van der Waals surface area contributed by atoms with Gasteiger partial charge in [0.2, 0.25) is 0 Å². The highest BCUT2D eigenvalue weighted by molar-refractivity contribution is 5.53. The van der Waals surface area contributed by atoms with E-state index in [-0.39, 0.29) is 0 Å². The summed E-state index contributed by atoms with van der Waals surface area (Å²) in [5, 5.41) is 0. The van der Waals surface area contributed by atoms with E-state index in [1.807, 2.05) is 0 Å². The fourth-order valence-corrected chi connectivity index (χ4v) is 3.64. The van der Waals surface area contributed by atoms with E-state index in [1.165, 1.54) is 22.4 Å². The molecule has 4 nitrogen and oxygen atoms in total. The lowest BCUT2D eigenvalue weighted by atomic mass is 10.1. The Hall–Kier alpha value is -2.20. The smallest absolute Gasteiger partial charge is 0.161 e. The molecule has 0 bridgehead atoms. The lowest BCUT2D eigenvalue weighted by molar-refractivity contribution is -0.914. The van der Waals surface area contributed by atoms with E-state index >= 15 is 0 Å². The van der Waals surface area contributed by atoms with Crippen molar-refractivity contribution in [1.29, 1.82) is 0 Å². The number of aryl methyl sites for hydroxylation is 2. The number of anilines is 1. The molecule has 1 saturated heterocycles. The number of benzene rings is 2. The Labute approximate surface area is 151 Å². The van der Waals surface area contributed by atoms with Gasteiger partial charge in [0.15, 0.2) is 11.5 Å². The van der Waals surface area contributed by atoms with Crippen molar-refractivity contribution in [2.45, 2.75) is 20.4 Å². The number of quaternary nitrogens is 1. The van der Waals surface area contributed by atoms with Crippen LogP contribution in [0.5, 0.6) is 11.5 Å². The number of hydrogen-bond acceptors (Lipinski definition) is 3. The molecule has 2 aromatic carbocycles. The molecule has 0 amide bonds. The van der Waals surface area contributed by atoms with E-state index in [1.54, 1.807) is 19.1 Å². The number of nitrogens with zero attached hydrogens (tertiary/aromatic N) is 1. The van der Waals surface area contributed by atoms with Crippen LogP contribution >= 0.6 is 0 Å². The van der Waals surface area contributed by atoms with Gasteiger partial charge in [0.05, 0.1) is 40.4 Å². The maximum absolute atomic E-state index is 5.47. The zero-order chi connectivity index (χ0) is 17.8. The van der Waals surface area contributed by atoms with Gasteiger partial charge in [-0.2, -0.15) is 0 Å². The van der Waals surface area contributed by atoms with Crippen molar-refractivity contribution >= 4 is 5.69 Å². The summed E-state index contributed by atoms with van der Waals surface area (Å²) < 4.78 is 10.9. The molecule has 0 spiro atoms. The molecule has 0 aromatic heterocycles. The molecule has 1 N–H and O–H groups in total. The summed E-state index contributed by atoms with van der Waals surface area (Å²) in [6, 6.07) is 12.9. The average molecular weight is 341 g/mol. The number of methoxy groups -OCH3 is 2. The standard InChI is InChI=1S/C21H28N2O2/c1-16-7-5-6-8-19(16)23-11-9-22(10-12-23)15-18-14-21(25-4)20(24-3)13-17(18)2/h5-8,13-14H,9-12,15H2,1-4H3/p+1. The van der Waals surface area contributed by atoms with Gasteiger partial charge in [-0.05, 0) is 43.2 Å². The summed E-state index contributed by atoms with van der Waals surface area (Å²) >= 11 is 0. The monoisotopic (exact) mass is 341 g/mol. The second-order valence-electron chi connectivity index (χ2n) is 6.83. The third-order valence-corrected chi connectivity index (χ3v) is 5.21. The summed E-state index contributed by atoms with van der Waals surface area (Å²) in [4.78, 5) is 4.14. The van der Waals surface area contributed by atoms with E-state index in [0.717, 1.165) is 44.2 Å². The second-order valence-corrected chi connectivity index (χ2v) is 6.83. The maximum Gasteiger partial charge on any atom is 0.161 e. The number of para-hydroxylation sites is 1. The Morgan fingerprint density at radius 2 is 1.56 bits per heavy atom. The summed E-state index contributed by atoms with van der Waals surface area (Å²) in [6.07, 6.45) is 0. The van der Waals surface area contributed by atoms with Crippen LogP contribution in [0.25, 0.3) is 0 Å². The molecule has 134 valence electrons. The number of piperazine rings is 1. The fraction of sp³-hybridized carbons (Fsp3) is 0.429. The van der Waals surface area contributed by atoms with Crippen molar-refractivity contribution in [1.82, 2.24) is 0 Å². The highest BCUT2D eigenvalue weighted by Gasteiger charge is 2.22. The zero-order valence-electron chi connectivity index (χ0n) is 15.8. The van der Waals surface area contributed by atoms with Crippen molar-refractivity contribution < 1.29 is 14.4 Å². The summed E-state index contributed by atoms with van der Waals surface area (Å²) in [5.41, 5.74) is 5.36. The van der Waals surface area contributed by atoms with Crippen molar-refractivity contribution in [2.24, 2.45) is 0 Å². The number of ether oxygens (including phenoxy) is 2. The molecule has 1 aliphatic rings. The van der Waals surface area contributed by atoms with E-state index in [4.69, 9.17) is 9.47 Å². The Morgan fingerprint density at radius 3 is 2.20 bits per heavy atom. The molecule has 1 fully saturated rings. The highest BCUT2D eigenvalue weighted by atomic mass is 16.5. The Morgan fingerprint density at radius 1 is 0.920 bits per heavy atom. The first-order chi connectivity index (χ1) is 12.1. The lowest BCUT2D eigenvalue weighted by Gasteiger charge is -2.34. The molecule has 0 aliphatic carbocycles. The van der Waals surface area contributed by atoms with Gasteiger partial charge in [0, 0.05) is 11.3 Å². The topological polar surface area (TPSA) is 26.1 Å². The van der Waals surface area contributed by atoms with Crippen LogP contribution < -0.4 is 19.3 Å². The van der Waals surface area contributed by atoms with Gasteiger partial charge < -0.3 is 19.3 Å². The van der Waals surface area contributed by atoms with Gasteiger partial charge in [-0.15, -0.1) is 0 Å². The maximum atomic E-state index is 5.47. The molecule has 1 heterocycles. The molecule has 4 heteroatoms. The molecular formula is C21H29N2O2+. The minimum absolute atomic E-state index is 0.808. The van der Waals surface area contributed by atoms with E-state index in [9.17, 15) is 0 Å². The molecule has 0 atom stereocenters. The van der Waals surface area contributed by atoms with Gasteiger partial charge in [-0.3, -0.25) is 0 Å². The summed E-state index contributed by atoms with van der Waals surface area (Å²) in [7, 11) is 3.39. The van der Waals surface area contributed by atoms with Gasteiger partial charge in [-0.1, -0.05) is 18.2 Å². The molecule has 0 unspecified atom stereocenters. The van der Waals surface area contributed by atoms with Crippen LogP contribution in [0, 0.1) is 13.8 Å². The first kappa shape index (κ1) is 17.6. The molecule has 3 rings (SSSR count). The summed E-state index contributed by atoms with van der Waals surface area (Å²) in [6.45, 7) is 9.90. The van der Waals surface area contributed by atoms with Crippen molar-refractivity contribution in [2.75, 3.05) is 45.3 Å². The van der Waals surface area contributed by atoms with Crippen LogP contribution in [0.4, 0.5) is 5.69 Å². The SMILES string of the molecule is COc1cc(C)c(C[NH+]2CCN(c3ccccc3C)CC2)cc1OC. The number of hydrogen-bond donors (Lipinski definition) is 1. The molecule has 25 heavy (non-hydrogen) atoms. The molecule has 1 aliphatic heterocycles. The van der Waals surface area contributed by atoms with Crippen LogP contribution in [0.2, 0.25) is 0 Å². The van der Waals surface area contributed by atoms with Gasteiger partial charge in [-0.25, -0.2) is 0 Å². The largest absolute Gasteiger partial charge is 0.493 e. The zero-order valence-corrected chi connectivity index (χ0v) is 15.8. The fourth-order valence-electron chi connectivity index (χ4n) is 3.64. The van der Waals surface area contributed by atoms with Crippen LogP contribution in [-0.4, -0.2) is 40.4 Å². The van der Waals surface area contributed by atoms with Crippen molar-refractivity contribution in [3.05, 3.63) is 53.1 Å². The van der Waals surface area contributed by atoms with Gasteiger partial charge >= 0.3 is 0 Å². The van der Waals surface area contributed by atoms with Crippen molar-refractivity contribution in [3.8, 4) is 11.5 Å². The third kappa shape index (κ3) is 3.90. The minimum Gasteiger partial charge on any atom is -0.493 e. The van der Waals surface area contributed by atoms with Crippen LogP contribution in [0.15, 0.2) is 36.4 Å². The van der Waals surface area contributed by atoms with Gasteiger partial charge in [0.1, 0.15) is 6.54 Å². The average Bonchev–Trinajstić information content (AvgIpc) is 2.64. The number of nitrogens with one attached hydrogen (secondary N) is 1. The predicted octanol–water partition coefficient (Wildman–Crippen LogP) is 2.23. The Bertz CT molecular complexity index is 722. The quantitative estimate of drug-likeness (QED) is 0.903. The highest BCUT2D eigenvalue weighted by Crippen LogP contribution is 2.30. The second kappa shape index (κ2) is 7.79. The molecule has 0 radical (unpaired) electrons. The van der Waals surface area contributed by atoms with Gasteiger partial charge in [0.25, 0.3) is 0 Å². The normalized spacial score (nSPS) is 15.3. The van der Waals surface area contributed by atoms with E-state index in [0.29, 0.717) is 0 Å². The number of rotatable bonds is 5.